The predicted octanol–water partition coefficient (Wildman–Crippen LogP) is 2.42. The molecule has 0 radical (unpaired) electrons. The van der Waals surface area contributed by atoms with Crippen molar-refractivity contribution in [2.75, 3.05) is 25.4 Å². The highest BCUT2D eigenvalue weighted by Gasteiger charge is 2.22. The Morgan fingerprint density at radius 1 is 1.50 bits per heavy atom. The van der Waals surface area contributed by atoms with E-state index in [0.717, 1.165) is 36.8 Å². The molecule has 112 valence electrons. The fraction of sp³-hybridized carbons (Fsp3) is 0.714. The van der Waals surface area contributed by atoms with E-state index in [1.165, 1.54) is 24.7 Å². The van der Waals surface area contributed by atoms with Gasteiger partial charge in [0.15, 0.2) is 5.16 Å². The molecule has 0 unspecified atom stereocenters. The summed E-state index contributed by atoms with van der Waals surface area (Å²) >= 11 is 1.32. The largest absolute Gasteiger partial charge is 0.481 e. The Morgan fingerprint density at radius 2 is 2.20 bits per heavy atom. The zero-order valence-electron chi connectivity index (χ0n) is 12.2. The molecular weight excluding hydrogens is 274 g/mol. The van der Waals surface area contributed by atoms with Gasteiger partial charge in [-0.25, -0.2) is 4.98 Å². The van der Waals surface area contributed by atoms with Gasteiger partial charge < -0.3 is 14.6 Å². The molecule has 20 heavy (non-hydrogen) atoms. The minimum Gasteiger partial charge on any atom is -0.481 e. The molecule has 1 aliphatic heterocycles. The van der Waals surface area contributed by atoms with Crippen LogP contribution in [-0.2, 0) is 4.79 Å². The number of carboxylic acids is 1. The summed E-state index contributed by atoms with van der Waals surface area (Å²) in [6, 6.07) is 0.459. The molecule has 0 saturated carbocycles. The number of piperidine rings is 1. The smallest absolute Gasteiger partial charge is 0.313 e. The fourth-order valence-electron chi connectivity index (χ4n) is 2.73. The molecule has 5 nitrogen and oxygen atoms in total. The van der Waals surface area contributed by atoms with Gasteiger partial charge in [0.2, 0.25) is 0 Å². The highest BCUT2D eigenvalue weighted by Crippen LogP contribution is 2.28. The molecule has 0 aromatic carbocycles. The van der Waals surface area contributed by atoms with Crippen molar-refractivity contribution in [3.63, 3.8) is 0 Å². The molecule has 0 atom stereocenters. The van der Waals surface area contributed by atoms with Gasteiger partial charge in [0.25, 0.3) is 0 Å². The van der Waals surface area contributed by atoms with Crippen LogP contribution in [0.4, 0.5) is 0 Å². The summed E-state index contributed by atoms with van der Waals surface area (Å²) in [6.45, 7) is 7.60. The first kappa shape index (κ1) is 15.4. The number of carboxylic acid groups (broad SMARTS) is 1. The summed E-state index contributed by atoms with van der Waals surface area (Å²) in [5.74, 6) is -0.717. The van der Waals surface area contributed by atoms with Crippen molar-refractivity contribution in [1.82, 2.24) is 14.5 Å². The van der Waals surface area contributed by atoms with Crippen LogP contribution in [0.2, 0.25) is 0 Å². The second-order valence-corrected chi connectivity index (χ2v) is 6.27. The minimum absolute atomic E-state index is 0.0745. The van der Waals surface area contributed by atoms with Crippen molar-refractivity contribution < 1.29 is 9.90 Å². The van der Waals surface area contributed by atoms with Crippen LogP contribution >= 0.6 is 11.8 Å². The Bertz CT molecular complexity index is 453. The van der Waals surface area contributed by atoms with Crippen LogP contribution in [0.25, 0.3) is 0 Å². The molecule has 0 aliphatic carbocycles. The van der Waals surface area contributed by atoms with Crippen LogP contribution in [0, 0.1) is 6.92 Å². The third-order valence-corrected chi connectivity index (χ3v) is 4.59. The molecule has 1 aromatic rings. The van der Waals surface area contributed by atoms with Crippen LogP contribution in [0.3, 0.4) is 0 Å². The van der Waals surface area contributed by atoms with Crippen LogP contribution in [0.15, 0.2) is 11.4 Å². The lowest BCUT2D eigenvalue weighted by Crippen LogP contribution is -2.35. The van der Waals surface area contributed by atoms with Gasteiger partial charge in [0, 0.05) is 25.3 Å². The topological polar surface area (TPSA) is 58.4 Å². The van der Waals surface area contributed by atoms with Crippen LogP contribution in [0.1, 0.15) is 37.9 Å². The number of aromatic nitrogens is 2. The average molecular weight is 297 g/mol. The fourth-order valence-corrected chi connectivity index (χ4v) is 3.54. The highest BCUT2D eigenvalue weighted by molar-refractivity contribution is 7.99. The van der Waals surface area contributed by atoms with Crippen molar-refractivity contribution >= 4 is 17.7 Å². The molecule has 1 aromatic heterocycles. The number of thioether (sulfide) groups is 1. The Balaban J connectivity index is 2.00. The zero-order valence-corrected chi connectivity index (χ0v) is 13.0. The molecule has 2 rings (SSSR count). The quantitative estimate of drug-likeness (QED) is 0.817. The number of hydrogen-bond donors (Lipinski definition) is 1. The monoisotopic (exact) mass is 297 g/mol. The van der Waals surface area contributed by atoms with E-state index in [4.69, 9.17) is 5.11 Å². The molecule has 0 bridgehead atoms. The van der Waals surface area contributed by atoms with E-state index in [0.29, 0.717) is 6.04 Å². The lowest BCUT2D eigenvalue weighted by molar-refractivity contribution is -0.133. The lowest BCUT2D eigenvalue weighted by Gasteiger charge is -2.32. The Labute approximate surface area is 124 Å². The van der Waals surface area contributed by atoms with Crippen molar-refractivity contribution in [2.45, 2.75) is 44.3 Å². The van der Waals surface area contributed by atoms with Crippen LogP contribution in [0.5, 0.6) is 0 Å². The van der Waals surface area contributed by atoms with E-state index in [-0.39, 0.29) is 5.75 Å². The van der Waals surface area contributed by atoms with Crippen molar-refractivity contribution in [1.29, 1.82) is 0 Å². The number of rotatable bonds is 6. The van der Waals surface area contributed by atoms with Gasteiger partial charge in [-0.3, -0.25) is 4.79 Å². The number of aryl methyl sites for hydroxylation is 1. The third kappa shape index (κ3) is 3.99. The molecule has 0 amide bonds. The maximum absolute atomic E-state index is 10.7. The van der Waals surface area contributed by atoms with Crippen LogP contribution < -0.4 is 0 Å². The second kappa shape index (κ2) is 7.13. The van der Waals surface area contributed by atoms with E-state index in [1.807, 2.05) is 6.92 Å². The van der Waals surface area contributed by atoms with Crippen molar-refractivity contribution in [3.8, 4) is 0 Å². The summed E-state index contributed by atoms with van der Waals surface area (Å²) in [4.78, 5) is 17.7. The van der Waals surface area contributed by atoms with E-state index in [1.54, 1.807) is 0 Å². The Morgan fingerprint density at radius 3 is 2.80 bits per heavy atom. The summed E-state index contributed by atoms with van der Waals surface area (Å²) in [5.41, 5.74) is 0.967. The first-order chi connectivity index (χ1) is 9.60. The first-order valence-corrected chi connectivity index (χ1v) is 8.21. The maximum Gasteiger partial charge on any atom is 0.313 e. The molecule has 0 spiro atoms. The molecule has 2 heterocycles. The first-order valence-electron chi connectivity index (χ1n) is 7.22. The number of hydrogen-bond acceptors (Lipinski definition) is 4. The molecule has 1 aliphatic rings. The summed E-state index contributed by atoms with van der Waals surface area (Å²) < 4.78 is 2.19. The Hall–Kier alpha value is -1.01. The molecule has 1 fully saturated rings. The van der Waals surface area contributed by atoms with E-state index in [9.17, 15) is 4.79 Å². The third-order valence-electron chi connectivity index (χ3n) is 3.63. The maximum atomic E-state index is 10.7. The van der Waals surface area contributed by atoms with Gasteiger partial charge in [-0.05, 0) is 32.7 Å². The highest BCUT2D eigenvalue weighted by atomic mass is 32.2. The van der Waals surface area contributed by atoms with Crippen LogP contribution in [-0.4, -0.2) is 50.9 Å². The van der Waals surface area contributed by atoms with E-state index in [2.05, 4.69) is 27.6 Å². The average Bonchev–Trinajstić information content (AvgIpc) is 2.79. The second-order valence-electron chi connectivity index (χ2n) is 5.33. The molecule has 1 N–H and O–H groups in total. The van der Waals surface area contributed by atoms with Gasteiger partial charge in [0.1, 0.15) is 0 Å². The molecule has 6 heteroatoms. The molecule has 1 saturated heterocycles. The van der Waals surface area contributed by atoms with Gasteiger partial charge in [-0.15, -0.1) is 0 Å². The van der Waals surface area contributed by atoms with Gasteiger partial charge >= 0.3 is 5.97 Å². The standard InChI is InChI=1S/C14H23N3O2S/c1-3-6-16-7-4-12(5-8-16)17-9-11(2)15-14(17)20-10-13(18)19/h9,12H,3-8,10H2,1-2H3,(H,18,19). The van der Waals surface area contributed by atoms with Gasteiger partial charge in [0.05, 0.1) is 11.4 Å². The number of imidazole rings is 1. The van der Waals surface area contributed by atoms with Crippen molar-refractivity contribution in [2.24, 2.45) is 0 Å². The molecular formula is C14H23N3O2S. The Kier molecular flexibility index (Phi) is 5.48. The van der Waals surface area contributed by atoms with Crippen molar-refractivity contribution in [3.05, 3.63) is 11.9 Å². The number of aliphatic carboxylic acids is 1. The number of likely N-dealkylation sites (tertiary alicyclic amines) is 1. The van der Waals surface area contributed by atoms with Gasteiger partial charge in [-0.2, -0.15) is 0 Å². The summed E-state index contributed by atoms with van der Waals surface area (Å²) in [7, 11) is 0. The minimum atomic E-state index is -0.792. The summed E-state index contributed by atoms with van der Waals surface area (Å²) in [5, 5.41) is 9.66. The number of nitrogens with zero attached hydrogens (tertiary/aromatic N) is 3. The van der Waals surface area contributed by atoms with E-state index >= 15 is 0 Å². The number of carbonyl (C=O) groups is 1. The van der Waals surface area contributed by atoms with E-state index < -0.39 is 5.97 Å². The lowest BCUT2D eigenvalue weighted by atomic mass is 10.0. The SMILES string of the molecule is CCCN1CCC(n2cc(C)nc2SCC(=O)O)CC1. The zero-order chi connectivity index (χ0) is 14.5. The van der Waals surface area contributed by atoms with Gasteiger partial charge in [-0.1, -0.05) is 18.7 Å². The predicted molar refractivity (Wildman–Crippen MR) is 80.3 cm³/mol. The normalized spacial score (nSPS) is 17.5. The summed E-state index contributed by atoms with van der Waals surface area (Å²) in [6.07, 6.45) is 5.51.